The third-order valence-corrected chi connectivity index (χ3v) is 3.77. The average molecular weight is 264 g/mol. The van der Waals surface area contributed by atoms with Crippen molar-refractivity contribution in [1.29, 1.82) is 0 Å². The van der Waals surface area contributed by atoms with E-state index in [2.05, 4.69) is 0 Å². The summed E-state index contributed by atoms with van der Waals surface area (Å²) < 4.78 is 0. The predicted octanol–water partition coefficient (Wildman–Crippen LogP) is 1.44. The zero-order valence-electron chi connectivity index (χ0n) is 11.0. The van der Waals surface area contributed by atoms with Crippen LogP contribution in [-0.2, 0) is 0 Å². The topological polar surface area (TPSA) is 86.8 Å². The molecular weight excluding hydrogens is 244 g/mol. The maximum atomic E-state index is 12.6. The van der Waals surface area contributed by atoms with Crippen LogP contribution in [0, 0.1) is 0 Å². The Bertz CT molecular complexity index is 456. The second-order valence-corrected chi connectivity index (χ2v) is 5.05. The van der Waals surface area contributed by atoms with Crippen LogP contribution in [-0.4, -0.2) is 39.6 Å². The lowest BCUT2D eigenvalue weighted by atomic mass is 9.95. The first-order chi connectivity index (χ1) is 9.06. The Morgan fingerprint density at radius 3 is 2.58 bits per heavy atom. The third-order valence-electron chi connectivity index (χ3n) is 3.77. The number of hydrogen-bond donors (Lipinski definition) is 3. The summed E-state index contributed by atoms with van der Waals surface area (Å²) >= 11 is 0. The number of aromatic hydroxyl groups is 2. The van der Waals surface area contributed by atoms with Gasteiger partial charge in [-0.2, -0.15) is 0 Å². The van der Waals surface area contributed by atoms with Crippen LogP contribution in [0.4, 0.5) is 0 Å². The minimum atomic E-state index is -0.349. The molecule has 1 aromatic rings. The van der Waals surface area contributed by atoms with E-state index in [0.29, 0.717) is 6.54 Å². The summed E-state index contributed by atoms with van der Waals surface area (Å²) in [7, 11) is 0. The van der Waals surface area contributed by atoms with Crippen molar-refractivity contribution in [2.75, 3.05) is 6.54 Å². The zero-order valence-corrected chi connectivity index (χ0v) is 11.0. The van der Waals surface area contributed by atoms with Crippen molar-refractivity contribution in [3.8, 4) is 11.5 Å². The van der Waals surface area contributed by atoms with E-state index < -0.39 is 0 Å². The predicted molar refractivity (Wildman–Crippen MR) is 72.1 cm³/mol. The minimum Gasteiger partial charge on any atom is -0.507 e. The van der Waals surface area contributed by atoms with Gasteiger partial charge in [-0.25, -0.2) is 0 Å². The molecule has 1 fully saturated rings. The summed E-state index contributed by atoms with van der Waals surface area (Å²) in [5, 5.41) is 19.6. The number of carbonyl (C=O) groups is 1. The van der Waals surface area contributed by atoms with E-state index in [0.717, 1.165) is 19.3 Å². The van der Waals surface area contributed by atoms with Crippen molar-refractivity contribution < 1.29 is 15.0 Å². The molecule has 2 unspecified atom stereocenters. The van der Waals surface area contributed by atoms with Crippen molar-refractivity contribution in [3.63, 3.8) is 0 Å². The van der Waals surface area contributed by atoms with Crippen molar-refractivity contribution in [2.24, 2.45) is 5.73 Å². The van der Waals surface area contributed by atoms with Crippen molar-refractivity contribution in [2.45, 2.75) is 38.3 Å². The van der Waals surface area contributed by atoms with Gasteiger partial charge >= 0.3 is 0 Å². The summed E-state index contributed by atoms with van der Waals surface area (Å²) in [6.07, 6.45) is 2.82. The van der Waals surface area contributed by atoms with E-state index >= 15 is 0 Å². The van der Waals surface area contributed by atoms with Crippen molar-refractivity contribution in [3.05, 3.63) is 23.8 Å². The molecule has 1 aliphatic heterocycles. The molecule has 1 heterocycles. The Morgan fingerprint density at radius 1 is 1.37 bits per heavy atom. The Kier molecular flexibility index (Phi) is 3.95. The number of amides is 1. The molecule has 1 amide bonds. The average Bonchev–Trinajstić information content (AvgIpc) is 2.37. The molecule has 5 nitrogen and oxygen atoms in total. The van der Waals surface area contributed by atoms with E-state index in [1.807, 2.05) is 6.92 Å². The molecule has 1 aliphatic rings. The first-order valence-corrected chi connectivity index (χ1v) is 6.60. The Hall–Kier alpha value is -1.75. The quantitative estimate of drug-likeness (QED) is 0.754. The minimum absolute atomic E-state index is 0.0322. The summed E-state index contributed by atoms with van der Waals surface area (Å²) in [5.41, 5.74) is 5.70. The van der Waals surface area contributed by atoms with Gasteiger partial charge < -0.3 is 20.8 Å². The van der Waals surface area contributed by atoms with E-state index in [4.69, 9.17) is 5.73 Å². The molecule has 0 aromatic heterocycles. The fourth-order valence-corrected chi connectivity index (χ4v) is 2.76. The smallest absolute Gasteiger partial charge is 0.261 e. The zero-order chi connectivity index (χ0) is 14.0. The SMILES string of the molecule is CC1CCCC(CN)N1C(=O)c1c(O)cccc1O. The van der Waals surface area contributed by atoms with Crippen molar-refractivity contribution >= 4 is 5.91 Å². The number of nitrogens with two attached hydrogens (primary N) is 1. The van der Waals surface area contributed by atoms with Gasteiger partial charge in [0.05, 0.1) is 0 Å². The number of hydrogen-bond acceptors (Lipinski definition) is 4. The highest BCUT2D eigenvalue weighted by Gasteiger charge is 2.33. The number of likely N-dealkylation sites (tertiary alicyclic amines) is 1. The molecule has 19 heavy (non-hydrogen) atoms. The molecule has 0 radical (unpaired) electrons. The first kappa shape index (κ1) is 13.7. The normalized spacial score (nSPS) is 23.4. The molecule has 5 heteroatoms. The lowest BCUT2D eigenvalue weighted by molar-refractivity contribution is 0.0488. The molecule has 2 atom stereocenters. The van der Waals surface area contributed by atoms with Crippen LogP contribution in [0.15, 0.2) is 18.2 Å². The van der Waals surface area contributed by atoms with Gasteiger partial charge in [0.25, 0.3) is 5.91 Å². The van der Waals surface area contributed by atoms with Gasteiger partial charge in [-0.1, -0.05) is 6.07 Å². The fraction of sp³-hybridized carbons (Fsp3) is 0.500. The molecule has 0 spiro atoms. The van der Waals surface area contributed by atoms with Gasteiger partial charge in [-0.15, -0.1) is 0 Å². The Labute approximate surface area is 112 Å². The number of benzene rings is 1. The number of rotatable bonds is 2. The molecule has 0 aliphatic carbocycles. The molecule has 0 bridgehead atoms. The van der Waals surface area contributed by atoms with Gasteiger partial charge in [0.2, 0.25) is 0 Å². The molecule has 0 saturated carbocycles. The number of phenolic OH excluding ortho intramolecular Hbond substituents is 2. The first-order valence-electron chi connectivity index (χ1n) is 6.60. The highest BCUT2D eigenvalue weighted by atomic mass is 16.3. The molecule has 1 aromatic carbocycles. The van der Waals surface area contributed by atoms with Crippen LogP contribution >= 0.6 is 0 Å². The van der Waals surface area contributed by atoms with Crippen LogP contribution in [0.3, 0.4) is 0 Å². The third kappa shape index (κ3) is 2.51. The van der Waals surface area contributed by atoms with Gasteiger partial charge in [0, 0.05) is 18.6 Å². The number of phenols is 2. The van der Waals surface area contributed by atoms with Crippen LogP contribution in [0.5, 0.6) is 11.5 Å². The highest BCUT2D eigenvalue weighted by Crippen LogP contribution is 2.31. The Morgan fingerprint density at radius 2 is 2.00 bits per heavy atom. The number of carbonyl (C=O) groups excluding carboxylic acids is 1. The fourth-order valence-electron chi connectivity index (χ4n) is 2.76. The molecular formula is C14H20N2O3. The maximum Gasteiger partial charge on any atom is 0.261 e. The standard InChI is InChI=1S/C14H20N2O3/c1-9-4-2-5-10(8-15)16(9)14(19)13-11(17)6-3-7-12(13)18/h3,6-7,9-10,17-18H,2,4-5,8,15H2,1H3. The molecule has 4 N–H and O–H groups in total. The van der Waals surface area contributed by atoms with E-state index in [9.17, 15) is 15.0 Å². The lowest BCUT2D eigenvalue weighted by Crippen LogP contribution is -2.51. The number of piperidine rings is 1. The van der Waals surface area contributed by atoms with Crippen LogP contribution in [0.1, 0.15) is 36.5 Å². The summed E-state index contributed by atoms with van der Waals surface area (Å²) in [6.45, 7) is 2.36. The van der Waals surface area contributed by atoms with Crippen LogP contribution in [0.2, 0.25) is 0 Å². The van der Waals surface area contributed by atoms with Gasteiger partial charge in [0.15, 0.2) is 0 Å². The van der Waals surface area contributed by atoms with E-state index in [1.165, 1.54) is 18.2 Å². The van der Waals surface area contributed by atoms with Crippen LogP contribution < -0.4 is 5.73 Å². The second-order valence-electron chi connectivity index (χ2n) is 5.05. The molecule has 2 rings (SSSR count). The van der Waals surface area contributed by atoms with Gasteiger partial charge in [-0.05, 0) is 38.3 Å². The lowest BCUT2D eigenvalue weighted by Gasteiger charge is -2.40. The van der Waals surface area contributed by atoms with E-state index in [1.54, 1.807) is 4.90 Å². The monoisotopic (exact) mass is 264 g/mol. The summed E-state index contributed by atoms with van der Waals surface area (Å²) in [6, 6.07) is 4.34. The second kappa shape index (κ2) is 5.48. The summed E-state index contributed by atoms with van der Waals surface area (Å²) in [4.78, 5) is 14.3. The number of nitrogens with zero attached hydrogens (tertiary/aromatic N) is 1. The van der Waals surface area contributed by atoms with Crippen LogP contribution in [0.25, 0.3) is 0 Å². The summed E-state index contributed by atoms with van der Waals surface area (Å²) in [5.74, 6) is -0.740. The Balaban J connectivity index is 2.36. The molecule has 104 valence electrons. The maximum absolute atomic E-state index is 12.6. The highest BCUT2D eigenvalue weighted by molar-refractivity contribution is 5.99. The van der Waals surface area contributed by atoms with Crippen molar-refractivity contribution in [1.82, 2.24) is 4.90 Å². The van der Waals surface area contributed by atoms with Gasteiger partial charge in [0.1, 0.15) is 17.1 Å². The van der Waals surface area contributed by atoms with E-state index in [-0.39, 0.29) is 35.1 Å². The van der Waals surface area contributed by atoms with Gasteiger partial charge in [-0.3, -0.25) is 4.79 Å². The molecule has 1 saturated heterocycles. The largest absolute Gasteiger partial charge is 0.507 e.